The van der Waals surface area contributed by atoms with E-state index in [2.05, 4.69) is 15.3 Å². The van der Waals surface area contributed by atoms with E-state index in [0.29, 0.717) is 0 Å². The predicted molar refractivity (Wildman–Crippen MR) is 69.3 cm³/mol. The van der Waals surface area contributed by atoms with Crippen LogP contribution in [0, 0.1) is 0 Å². The number of thiazole rings is 1. The van der Waals surface area contributed by atoms with Crippen LogP contribution in [0.3, 0.4) is 0 Å². The van der Waals surface area contributed by atoms with Gasteiger partial charge in [-0.1, -0.05) is 19.3 Å². The monoisotopic (exact) mass is 252 g/mol. The zero-order valence-electron chi connectivity index (χ0n) is 10.2. The van der Waals surface area contributed by atoms with Crippen LogP contribution in [0.15, 0.2) is 11.6 Å². The minimum atomic E-state index is 0.232. The number of hydrogen-bond donors (Lipinski definition) is 0. The number of ether oxygens (including phenoxy) is 1. The Kier molecular flexibility index (Phi) is 3.45. The topological polar surface area (TPSA) is 25.4 Å². The van der Waals surface area contributed by atoms with Crippen molar-refractivity contribution in [2.45, 2.75) is 37.6 Å². The standard InChI is InChI=1S/C13H20N2OS/c1-2-4-13(5-3-1,12-14-6-11-17-12)15-7-9-16-10-8-15/h6,11H,1-5,7-10H2. The van der Waals surface area contributed by atoms with Crippen LogP contribution < -0.4 is 0 Å². The zero-order valence-corrected chi connectivity index (χ0v) is 11.0. The van der Waals surface area contributed by atoms with E-state index >= 15 is 0 Å². The first-order chi connectivity index (χ1) is 8.42. The largest absolute Gasteiger partial charge is 0.379 e. The summed E-state index contributed by atoms with van der Waals surface area (Å²) < 4.78 is 5.49. The first-order valence-corrected chi connectivity index (χ1v) is 7.53. The number of nitrogens with zero attached hydrogens (tertiary/aromatic N) is 2. The highest BCUT2D eigenvalue weighted by molar-refractivity contribution is 7.09. The van der Waals surface area contributed by atoms with Gasteiger partial charge in [0.1, 0.15) is 5.01 Å². The molecule has 0 amide bonds. The predicted octanol–water partition coefficient (Wildman–Crippen LogP) is 2.63. The highest BCUT2D eigenvalue weighted by Crippen LogP contribution is 2.43. The van der Waals surface area contributed by atoms with Gasteiger partial charge in [0.2, 0.25) is 0 Å². The average Bonchev–Trinajstić information content (AvgIpc) is 2.95. The Morgan fingerprint density at radius 1 is 1.18 bits per heavy atom. The summed E-state index contributed by atoms with van der Waals surface area (Å²) in [4.78, 5) is 7.26. The van der Waals surface area contributed by atoms with Crippen molar-refractivity contribution >= 4 is 11.3 Å². The van der Waals surface area contributed by atoms with Gasteiger partial charge in [-0.05, 0) is 12.8 Å². The van der Waals surface area contributed by atoms with Crippen molar-refractivity contribution in [1.82, 2.24) is 9.88 Å². The number of hydrogen-bond acceptors (Lipinski definition) is 4. The molecule has 1 aromatic rings. The molecule has 1 aromatic heterocycles. The Bertz CT molecular complexity index is 340. The lowest BCUT2D eigenvalue weighted by molar-refractivity contribution is -0.0404. The van der Waals surface area contributed by atoms with E-state index in [1.807, 2.05) is 17.5 Å². The van der Waals surface area contributed by atoms with Gasteiger partial charge in [-0.25, -0.2) is 4.98 Å². The molecule has 0 unspecified atom stereocenters. The summed E-state index contributed by atoms with van der Waals surface area (Å²) in [6.07, 6.45) is 8.59. The maximum absolute atomic E-state index is 5.49. The van der Waals surface area contributed by atoms with Gasteiger partial charge < -0.3 is 4.74 Å². The van der Waals surface area contributed by atoms with Crippen LogP contribution in [-0.4, -0.2) is 36.2 Å². The maximum Gasteiger partial charge on any atom is 0.113 e. The van der Waals surface area contributed by atoms with Gasteiger partial charge in [-0.15, -0.1) is 11.3 Å². The molecule has 1 saturated carbocycles. The van der Waals surface area contributed by atoms with Gasteiger partial charge in [0.05, 0.1) is 18.8 Å². The second-order valence-corrected chi connectivity index (χ2v) is 5.92. The average molecular weight is 252 g/mol. The molecule has 2 aliphatic rings. The van der Waals surface area contributed by atoms with Crippen LogP contribution >= 0.6 is 11.3 Å². The van der Waals surface area contributed by atoms with E-state index in [0.717, 1.165) is 26.3 Å². The van der Waals surface area contributed by atoms with E-state index in [-0.39, 0.29) is 5.54 Å². The summed E-state index contributed by atoms with van der Waals surface area (Å²) >= 11 is 1.83. The lowest BCUT2D eigenvalue weighted by Gasteiger charge is -2.46. The van der Waals surface area contributed by atoms with Crippen molar-refractivity contribution in [1.29, 1.82) is 0 Å². The molecule has 0 radical (unpaired) electrons. The molecule has 0 spiro atoms. The van der Waals surface area contributed by atoms with Crippen molar-refractivity contribution in [3.05, 3.63) is 16.6 Å². The third-order valence-corrected chi connectivity index (χ3v) is 5.09. The fourth-order valence-corrected chi connectivity index (χ4v) is 4.17. The first-order valence-electron chi connectivity index (χ1n) is 6.65. The fourth-order valence-electron chi connectivity index (χ4n) is 3.25. The van der Waals surface area contributed by atoms with Crippen LogP contribution in [0.5, 0.6) is 0 Å². The van der Waals surface area contributed by atoms with E-state index in [4.69, 9.17) is 4.74 Å². The highest BCUT2D eigenvalue weighted by Gasteiger charge is 2.41. The van der Waals surface area contributed by atoms with Crippen LogP contribution in [0.2, 0.25) is 0 Å². The molecule has 0 atom stereocenters. The number of morpholine rings is 1. The van der Waals surface area contributed by atoms with Crippen molar-refractivity contribution < 1.29 is 4.74 Å². The molecular weight excluding hydrogens is 232 g/mol. The Labute approximate surface area is 107 Å². The van der Waals surface area contributed by atoms with Crippen molar-refractivity contribution in [3.8, 4) is 0 Å². The van der Waals surface area contributed by atoms with Crippen LogP contribution in [0.4, 0.5) is 0 Å². The zero-order chi connectivity index (χ0) is 11.6. The number of aromatic nitrogens is 1. The van der Waals surface area contributed by atoms with E-state index < -0.39 is 0 Å². The fraction of sp³-hybridized carbons (Fsp3) is 0.769. The quantitative estimate of drug-likeness (QED) is 0.809. The third kappa shape index (κ3) is 2.14. The molecule has 4 heteroatoms. The van der Waals surface area contributed by atoms with Gasteiger partial charge in [-0.3, -0.25) is 4.90 Å². The maximum atomic E-state index is 5.49. The smallest absolute Gasteiger partial charge is 0.113 e. The van der Waals surface area contributed by atoms with Gasteiger partial charge in [-0.2, -0.15) is 0 Å². The van der Waals surface area contributed by atoms with E-state index in [1.54, 1.807) is 0 Å². The van der Waals surface area contributed by atoms with E-state index in [1.165, 1.54) is 37.1 Å². The molecular formula is C13H20N2OS. The molecule has 1 aliphatic carbocycles. The molecule has 0 bridgehead atoms. The van der Waals surface area contributed by atoms with Crippen molar-refractivity contribution in [2.75, 3.05) is 26.3 Å². The molecule has 2 fully saturated rings. The second-order valence-electron chi connectivity index (χ2n) is 5.03. The minimum absolute atomic E-state index is 0.232. The first kappa shape index (κ1) is 11.6. The Morgan fingerprint density at radius 3 is 2.59 bits per heavy atom. The normalized spacial score (nSPS) is 25.9. The number of rotatable bonds is 2. The van der Waals surface area contributed by atoms with Crippen LogP contribution in [0.1, 0.15) is 37.1 Å². The summed E-state index contributed by atoms with van der Waals surface area (Å²) in [5.74, 6) is 0. The molecule has 3 rings (SSSR count). The van der Waals surface area contributed by atoms with Gasteiger partial charge >= 0.3 is 0 Å². The SMILES string of the molecule is c1csc(C2(N3CCOCC3)CCCCC2)n1. The second kappa shape index (κ2) is 5.04. The van der Waals surface area contributed by atoms with Gasteiger partial charge in [0.15, 0.2) is 0 Å². The summed E-state index contributed by atoms with van der Waals surface area (Å²) in [6, 6.07) is 0. The summed E-state index contributed by atoms with van der Waals surface area (Å²) in [6.45, 7) is 3.90. The molecule has 3 nitrogen and oxygen atoms in total. The molecule has 2 heterocycles. The molecule has 17 heavy (non-hydrogen) atoms. The third-order valence-electron chi connectivity index (χ3n) is 4.13. The van der Waals surface area contributed by atoms with E-state index in [9.17, 15) is 0 Å². The minimum Gasteiger partial charge on any atom is -0.379 e. The Hall–Kier alpha value is -0.450. The lowest BCUT2D eigenvalue weighted by Crippen LogP contribution is -2.52. The molecule has 94 valence electrons. The van der Waals surface area contributed by atoms with Crippen LogP contribution in [-0.2, 0) is 10.3 Å². The van der Waals surface area contributed by atoms with Crippen molar-refractivity contribution in [3.63, 3.8) is 0 Å². The molecule has 1 saturated heterocycles. The molecule has 0 aromatic carbocycles. The summed E-state index contributed by atoms with van der Waals surface area (Å²) in [5, 5.41) is 3.45. The lowest BCUT2D eigenvalue weighted by atomic mass is 9.80. The Morgan fingerprint density at radius 2 is 1.94 bits per heavy atom. The van der Waals surface area contributed by atoms with Crippen LogP contribution in [0.25, 0.3) is 0 Å². The molecule has 0 N–H and O–H groups in total. The van der Waals surface area contributed by atoms with Gasteiger partial charge in [0.25, 0.3) is 0 Å². The summed E-state index contributed by atoms with van der Waals surface area (Å²) in [5.41, 5.74) is 0.232. The Balaban J connectivity index is 1.89. The summed E-state index contributed by atoms with van der Waals surface area (Å²) in [7, 11) is 0. The molecule has 1 aliphatic heterocycles. The van der Waals surface area contributed by atoms with Gasteiger partial charge in [0, 0.05) is 24.7 Å². The highest BCUT2D eigenvalue weighted by atomic mass is 32.1. The van der Waals surface area contributed by atoms with Crippen molar-refractivity contribution in [2.24, 2.45) is 0 Å².